The first-order valence-electron chi connectivity index (χ1n) is 5.35. The third-order valence-corrected chi connectivity index (χ3v) is 3.36. The monoisotopic (exact) mass is 198 g/mol. The number of likely N-dealkylation sites (tertiary alicyclic amines) is 1. The predicted octanol–water partition coefficient (Wildman–Crippen LogP) is -0.291. The summed E-state index contributed by atoms with van der Waals surface area (Å²) in [5.41, 5.74) is 3.92. The number of primary amides is 1. The number of piperidine rings is 1. The van der Waals surface area contributed by atoms with Gasteiger partial charge in [0.1, 0.15) is 5.60 Å². The van der Waals surface area contributed by atoms with Crippen LogP contribution in [-0.4, -0.2) is 41.1 Å². The van der Waals surface area contributed by atoms with Crippen LogP contribution in [-0.2, 0) is 4.79 Å². The number of carbonyl (C=O) groups excluding carboxylic acids is 1. The van der Waals surface area contributed by atoms with Gasteiger partial charge in [-0.3, -0.25) is 4.79 Å². The fraction of sp³-hybridized carbons (Fsp3) is 0.900. The molecule has 0 unspecified atom stereocenters. The largest absolute Gasteiger partial charge is 0.380 e. The summed E-state index contributed by atoms with van der Waals surface area (Å²) in [7, 11) is 0. The molecule has 0 radical (unpaired) electrons. The Hall–Kier alpha value is -0.610. The van der Waals surface area contributed by atoms with Crippen molar-refractivity contribution in [2.24, 2.45) is 11.7 Å². The second-order valence-corrected chi connectivity index (χ2v) is 4.64. The van der Waals surface area contributed by atoms with Crippen LogP contribution in [0.2, 0.25) is 0 Å². The maximum atomic E-state index is 11.0. The third-order valence-electron chi connectivity index (χ3n) is 3.36. The van der Waals surface area contributed by atoms with Crippen molar-refractivity contribution < 1.29 is 9.90 Å². The fourth-order valence-corrected chi connectivity index (χ4v) is 2.02. The highest BCUT2D eigenvalue weighted by atomic mass is 16.3. The van der Waals surface area contributed by atoms with E-state index >= 15 is 0 Å². The lowest BCUT2D eigenvalue weighted by Crippen LogP contribution is -2.52. The first-order valence-corrected chi connectivity index (χ1v) is 5.35. The first kappa shape index (κ1) is 9.93. The molecule has 1 saturated heterocycles. The lowest BCUT2D eigenvalue weighted by molar-refractivity contribution is -0.141. The van der Waals surface area contributed by atoms with Gasteiger partial charge in [0.25, 0.3) is 0 Å². The number of hydrogen-bond acceptors (Lipinski definition) is 3. The highest BCUT2D eigenvalue weighted by molar-refractivity contribution is 5.83. The zero-order valence-electron chi connectivity index (χ0n) is 8.41. The van der Waals surface area contributed by atoms with E-state index in [9.17, 15) is 9.90 Å². The van der Waals surface area contributed by atoms with Gasteiger partial charge in [-0.25, -0.2) is 0 Å². The molecule has 0 spiro atoms. The Bertz CT molecular complexity index is 230. The van der Waals surface area contributed by atoms with Gasteiger partial charge in [0.05, 0.1) is 0 Å². The minimum absolute atomic E-state index is 0.495. The Morgan fingerprint density at radius 2 is 2.00 bits per heavy atom. The summed E-state index contributed by atoms with van der Waals surface area (Å²) in [6.45, 7) is 2.74. The molecule has 2 fully saturated rings. The number of rotatable bonds is 3. The van der Waals surface area contributed by atoms with E-state index in [4.69, 9.17) is 5.73 Å². The van der Waals surface area contributed by atoms with E-state index < -0.39 is 11.5 Å². The summed E-state index contributed by atoms with van der Waals surface area (Å²) < 4.78 is 0. The maximum Gasteiger partial charge on any atom is 0.249 e. The van der Waals surface area contributed by atoms with Crippen LogP contribution in [0.15, 0.2) is 0 Å². The SMILES string of the molecule is NC(=O)C1(O)CCN(CC2CC2)CC1. The lowest BCUT2D eigenvalue weighted by atomic mass is 9.91. The highest BCUT2D eigenvalue weighted by Crippen LogP contribution is 2.31. The Kier molecular flexibility index (Phi) is 2.49. The zero-order chi connectivity index (χ0) is 10.2. The number of aliphatic hydroxyl groups is 1. The van der Waals surface area contributed by atoms with Crippen molar-refractivity contribution >= 4 is 5.91 Å². The summed E-state index contributed by atoms with van der Waals surface area (Å²) in [4.78, 5) is 13.3. The average molecular weight is 198 g/mol. The summed E-state index contributed by atoms with van der Waals surface area (Å²) in [5, 5.41) is 9.81. The second kappa shape index (κ2) is 3.51. The maximum absolute atomic E-state index is 11.0. The van der Waals surface area contributed by atoms with Crippen LogP contribution in [0.1, 0.15) is 25.7 Å². The highest BCUT2D eigenvalue weighted by Gasteiger charge is 2.38. The molecule has 0 aromatic rings. The van der Waals surface area contributed by atoms with Crippen molar-refractivity contribution in [3.63, 3.8) is 0 Å². The van der Waals surface area contributed by atoms with Gasteiger partial charge in [0.15, 0.2) is 0 Å². The zero-order valence-corrected chi connectivity index (χ0v) is 8.41. The van der Waals surface area contributed by atoms with Crippen LogP contribution in [0.25, 0.3) is 0 Å². The molecule has 2 aliphatic rings. The average Bonchev–Trinajstić information content (AvgIpc) is 2.93. The molecule has 4 nitrogen and oxygen atoms in total. The van der Waals surface area contributed by atoms with Crippen molar-refractivity contribution in [1.29, 1.82) is 0 Å². The molecular weight excluding hydrogens is 180 g/mol. The summed E-state index contributed by atoms with van der Waals surface area (Å²) >= 11 is 0. The number of nitrogens with zero attached hydrogens (tertiary/aromatic N) is 1. The Morgan fingerprint density at radius 3 is 2.43 bits per heavy atom. The molecule has 80 valence electrons. The van der Waals surface area contributed by atoms with Crippen LogP contribution in [0.4, 0.5) is 0 Å². The molecule has 0 bridgehead atoms. The van der Waals surface area contributed by atoms with Crippen LogP contribution < -0.4 is 5.73 Å². The molecule has 14 heavy (non-hydrogen) atoms. The number of hydrogen-bond donors (Lipinski definition) is 2. The minimum atomic E-state index is -1.24. The van der Waals surface area contributed by atoms with E-state index in [1.807, 2.05) is 0 Å². The molecule has 4 heteroatoms. The third kappa shape index (κ3) is 2.07. The summed E-state index contributed by atoms with van der Waals surface area (Å²) in [5.74, 6) is 0.304. The van der Waals surface area contributed by atoms with Crippen LogP contribution in [0.5, 0.6) is 0 Å². The second-order valence-electron chi connectivity index (χ2n) is 4.64. The number of carbonyl (C=O) groups is 1. The molecular formula is C10H18N2O2. The minimum Gasteiger partial charge on any atom is -0.380 e. The fourth-order valence-electron chi connectivity index (χ4n) is 2.02. The molecule has 1 heterocycles. The molecule has 0 atom stereocenters. The smallest absolute Gasteiger partial charge is 0.249 e. The van der Waals surface area contributed by atoms with Crippen molar-refractivity contribution in [2.45, 2.75) is 31.3 Å². The van der Waals surface area contributed by atoms with Crippen molar-refractivity contribution in [2.75, 3.05) is 19.6 Å². The first-order chi connectivity index (χ1) is 6.60. The molecule has 0 aromatic carbocycles. The molecule has 3 N–H and O–H groups in total. The summed E-state index contributed by atoms with van der Waals surface area (Å²) in [6, 6.07) is 0. The molecule has 1 aliphatic heterocycles. The van der Waals surface area contributed by atoms with Gasteiger partial charge in [-0.05, 0) is 31.6 Å². The van der Waals surface area contributed by atoms with Crippen LogP contribution in [0.3, 0.4) is 0 Å². The van der Waals surface area contributed by atoms with Gasteiger partial charge in [-0.1, -0.05) is 0 Å². The lowest BCUT2D eigenvalue weighted by Gasteiger charge is -2.36. The predicted molar refractivity (Wildman–Crippen MR) is 52.5 cm³/mol. The molecule has 2 rings (SSSR count). The van der Waals surface area contributed by atoms with E-state index in [0.717, 1.165) is 25.6 Å². The molecule has 1 amide bonds. The Morgan fingerprint density at radius 1 is 1.43 bits per heavy atom. The summed E-state index contributed by atoms with van der Waals surface area (Å²) in [6.07, 6.45) is 3.68. The number of amides is 1. The van der Waals surface area contributed by atoms with Gasteiger partial charge in [0, 0.05) is 19.6 Å². The van der Waals surface area contributed by atoms with E-state index in [0.29, 0.717) is 12.8 Å². The van der Waals surface area contributed by atoms with Gasteiger partial charge >= 0.3 is 0 Å². The van der Waals surface area contributed by atoms with E-state index in [1.54, 1.807) is 0 Å². The van der Waals surface area contributed by atoms with E-state index in [1.165, 1.54) is 12.8 Å². The van der Waals surface area contributed by atoms with Crippen LogP contribution in [0, 0.1) is 5.92 Å². The van der Waals surface area contributed by atoms with Crippen LogP contribution >= 0.6 is 0 Å². The van der Waals surface area contributed by atoms with E-state index in [-0.39, 0.29) is 0 Å². The van der Waals surface area contributed by atoms with Crippen molar-refractivity contribution in [3.05, 3.63) is 0 Å². The van der Waals surface area contributed by atoms with Crippen molar-refractivity contribution in [3.8, 4) is 0 Å². The molecule has 0 aromatic heterocycles. The van der Waals surface area contributed by atoms with Gasteiger partial charge in [-0.15, -0.1) is 0 Å². The number of nitrogens with two attached hydrogens (primary N) is 1. The molecule has 1 saturated carbocycles. The van der Waals surface area contributed by atoms with Gasteiger partial charge < -0.3 is 15.7 Å². The molecule has 1 aliphatic carbocycles. The van der Waals surface area contributed by atoms with Gasteiger partial charge in [0.2, 0.25) is 5.91 Å². The Balaban J connectivity index is 1.81. The Labute approximate surface area is 84.1 Å². The van der Waals surface area contributed by atoms with Crippen molar-refractivity contribution in [1.82, 2.24) is 4.90 Å². The quantitative estimate of drug-likeness (QED) is 0.655. The normalized spacial score (nSPS) is 27.5. The topological polar surface area (TPSA) is 66.6 Å². The van der Waals surface area contributed by atoms with Gasteiger partial charge in [-0.2, -0.15) is 0 Å². The standard InChI is InChI=1S/C10H18N2O2/c11-9(13)10(14)3-5-12(6-4-10)7-8-1-2-8/h8,14H,1-7H2,(H2,11,13). The van der Waals surface area contributed by atoms with E-state index in [2.05, 4.69) is 4.90 Å².